The van der Waals surface area contributed by atoms with Gasteiger partial charge in [-0.15, -0.1) is 0 Å². The lowest BCUT2D eigenvalue weighted by atomic mass is 9.68. The number of ketones is 1. The number of aryl methyl sites for hydroxylation is 1. The molecular weight excluding hydrogens is 1710 g/mol. The Balaban J connectivity index is 0.000000213. The monoisotopic (exact) mass is 1830 g/mol. The van der Waals surface area contributed by atoms with E-state index in [1.54, 1.807) is 31.4 Å². The molecule has 124 heavy (non-hydrogen) atoms. The van der Waals surface area contributed by atoms with Gasteiger partial charge in [-0.25, -0.2) is 98.1 Å². The van der Waals surface area contributed by atoms with Crippen molar-refractivity contribution in [1.82, 2.24) is 24.9 Å². The van der Waals surface area contributed by atoms with Crippen LogP contribution in [0, 0.1) is 54.3 Å². The van der Waals surface area contributed by atoms with Crippen LogP contribution in [0.4, 0.5) is 62.4 Å². The molecule has 5 aromatic heterocycles. The van der Waals surface area contributed by atoms with Crippen LogP contribution in [0.25, 0.3) is 24.3 Å². The number of nitrogens with one attached hydrogen (secondary N) is 4. The first-order valence-electron chi connectivity index (χ1n) is 40.5. The van der Waals surface area contributed by atoms with Crippen molar-refractivity contribution in [1.29, 1.82) is 0 Å². The van der Waals surface area contributed by atoms with Gasteiger partial charge in [0.15, 0.2) is 5.78 Å². The van der Waals surface area contributed by atoms with Gasteiger partial charge < -0.3 is 28.8 Å². The molecular formula is C87H116F9N9O15S4. The van der Waals surface area contributed by atoms with Gasteiger partial charge in [0.25, 0.3) is 0 Å². The second-order valence-electron chi connectivity index (χ2n) is 33.0. The van der Waals surface area contributed by atoms with Gasteiger partial charge in [0.1, 0.15) is 28.7 Å². The van der Waals surface area contributed by atoms with Crippen LogP contribution in [0.5, 0.6) is 29.1 Å². The zero-order chi connectivity index (χ0) is 92.1. The predicted octanol–water partition coefficient (Wildman–Crippen LogP) is 18.9. The summed E-state index contributed by atoms with van der Waals surface area (Å²) < 4.78 is 247. The van der Waals surface area contributed by atoms with Crippen LogP contribution in [0.3, 0.4) is 0 Å². The molecule has 5 N–H and O–H groups in total. The van der Waals surface area contributed by atoms with Crippen LogP contribution < -0.4 is 42.6 Å². The van der Waals surface area contributed by atoms with Crippen LogP contribution in [-0.2, 0) is 40.1 Å². The first kappa shape index (κ1) is 102. The second kappa shape index (κ2) is 43.9. The number of carbonyl (C=O) groups excluding carboxylic acids is 1. The minimum absolute atomic E-state index is 0.0133. The summed E-state index contributed by atoms with van der Waals surface area (Å²) in [5, 5.41) is 9.26. The fourth-order valence-corrected chi connectivity index (χ4v) is 17.0. The molecule has 1 aromatic carbocycles. The Bertz CT molecular complexity index is 5130. The van der Waals surface area contributed by atoms with Gasteiger partial charge in [-0.3, -0.25) is 23.7 Å². The number of ether oxygens (including phenoxy) is 5. The van der Waals surface area contributed by atoms with Gasteiger partial charge in [0.05, 0.1) is 109 Å². The zero-order valence-corrected chi connectivity index (χ0v) is 75.7. The highest BCUT2D eigenvalue weighted by Crippen LogP contribution is 2.51. The smallest absolute Gasteiger partial charge is 0.248 e. The predicted molar refractivity (Wildman–Crippen MR) is 466 cm³/mol. The van der Waals surface area contributed by atoms with E-state index in [-0.39, 0.29) is 74.0 Å². The van der Waals surface area contributed by atoms with Crippen molar-refractivity contribution in [3.8, 4) is 29.1 Å². The highest BCUT2D eigenvalue weighted by molar-refractivity contribution is 7.92. The van der Waals surface area contributed by atoms with Crippen LogP contribution in [0.2, 0.25) is 0 Å². The SMILES string of the molecule is CC[C@H](CO)CC(=O)c1cc(/C=C/C2CC(C(C)(F)F)C2)c(OC)cn1.COc1cnc(NS(C)(=O)=O)cc1/C=C/C1(F)CCC(C(C)(F)F)CC1.COc1ncc(NS(C)(=O)=O)cc1/C=C/C1CC(C(C)(F)F)C1.COc1ncc(NS(C)(=O)=O)cc1/C=C/C1CCC(C(C)(F)F)CC1.COc1ncc(NS(C)(=O)=O)cc1C1CC(c2ccc(C)cc2)C1. The van der Waals surface area contributed by atoms with E-state index in [4.69, 9.17) is 23.7 Å². The average molecular weight is 1830 g/mol. The van der Waals surface area contributed by atoms with E-state index in [0.29, 0.717) is 137 Å². The van der Waals surface area contributed by atoms with Crippen molar-refractivity contribution < 1.29 is 107 Å². The number of hydrogen-bond donors (Lipinski definition) is 5. The number of sulfonamides is 4. The molecule has 0 saturated heterocycles. The van der Waals surface area contributed by atoms with Crippen molar-refractivity contribution in [2.45, 2.75) is 185 Å². The number of methoxy groups -OCH3 is 5. The summed E-state index contributed by atoms with van der Waals surface area (Å²) in [5.41, 5.74) is 5.74. The lowest BCUT2D eigenvalue weighted by Crippen LogP contribution is -2.35. The number of rotatable bonds is 32. The molecule has 24 nitrogen and oxygen atoms in total. The molecule has 37 heteroatoms. The molecule has 686 valence electrons. The third kappa shape index (κ3) is 33.0. The van der Waals surface area contributed by atoms with Crippen molar-refractivity contribution in [2.24, 2.45) is 47.3 Å². The number of Topliss-reactive ketones (excluding diaryl/α,β-unsaturated/α-hetero) is 1. The molecule has 0 amide bonds. The summed E-state index contributed by atoms with van der Waals surface area (Å²) in [6, 6.07) is 16.8. The summed E-state index contributed by atoms with van der Waals surface area (Å²) >= 11 is 0. The standard InChI is InChI=1S/C20H27F2NO3.C18H22N2O3S.C17H23F3N2O3S.C17H24F2N2O3S.C15H20F2N2O3S/c1-4-13(12-24)9-18(25)17-10-15(19(26-3)11-23-17)6-5-14-7-16(8-14)20(2,21)22;1-12-4-6-13(7-5-12)14-8-15(9-14)17-10-16(20-24(3,21)22)11-19-18(17)23-2;1-16(18,19)13-5-8-17(20,9-6-13)7-4-12-10-15(22-26(3,23)24)21-11-14(12)25-2;1-17(18,19)14-8-5-12(6-9-14)4-7-13-10-15(21-25(3,22)23)11-20-16(13)24-2;1-15(16,17)12-6-10(7-12)4-5-11-8-13(19-23(3,20)21)9-18-14(11)22-2/h5-6,10-11,13-14,16,24H,4,7-9,12H2,1-3H3;4-7,10-11,14-15,20H,8-9H2,1-3H3;4,7,10-11,13H,5-6,8-9H2,1-3H3,(H,21,22);4,7,10-12,14,21H,5-6,8-9H2,1-3H3;4-5,8-10,12,19H,6-7H2,1-3H3/b6-5+;;2*7-4+;5-4+/t13-,14?,16?;;;;/m0..../s1. The maximum absolute atomic E-state index is 14.9. The summed E-state index contributed by atoms with van der Waals surface area (Å²) in [5.74, 6) is -9.83. The number of aliphatic hydroxyl groups excluding tert-OH is 1. The number of nitrogens with zero attached hydrogens (tertiary/aromatic N) is 5. The Hall–Kier alpha value is -9.07. The number of allylic oxidation sites excluding steroid dienone is 4. The maximum atomic E-state index is 14.9. The van der Waals surface area contributed by atoms with Gasteiger partial charge in [0, 0.05) is 64.5 Å². The van der Waals surface area contributed by atoms with E-state index >= 15 is 0 Å². The van der Waals surface area contributed by atoms with E-state index in [1.807, 2.05) is 43.4 Å². The third-order valence-corrected chi connectivity index (χ3v) is 24.8. The summed E-state index contributed by atoms with van der Waals surface area (Å²) in [6.45, 7) is 7.76. The molecule has 1 atom stereocenters. The number of alkyl halides is 9. The molecule has 11 rings (SSSR count). The summed E-state index contributed by atoms with van der Waals surface area (Å²) in [7, 11) is -6.15. The van der Waals surface area contributed by atoms with Gasteiger partial charge in [-0.1, -0.05) is 85.7 Å². The number of aliphatic hydroxyl groups is 1. The number of benzene rings is 1. The average Bonchev–Trinajstić information content (AvgIpc) is 0.779. The molecule has 5 aliphatic rings. The van der Waals surface area contributed by atoms with E-state index in [9.17, 15) is 83.1 Å². The normalized spacial score (nSPS) is 22.1. The molecule has 0 spiro atoms. The second-order valence-corrected chi connectivity index (χ2v) is 40.0. The van der Waals surface area contributed by atoms with E-state index in [1.165, 1.54) is 88.8 Å². The number of anilines is 4. The molecule has 0 aliphatic heterocycles. The fraction of sp³-hybridized carbons (Fsp3) is 0.540. The highest BCUT2D eigenvalue weighted by atomic mass is 32.2. The maximum Gasteiger partial charge on any atom is 0.248 e. The van der Waals surface area contributed by atoms with E-state index in [2.05, 4.69) is 75.0 Å². The number of aromatic nitrogens is 5. The Morgan fingerprint density at radius 2 is 0.887 bits per heavy atom. The Kier molecular flexibility index (Phi) is 36.1. The van der Waals surface area contributed by atoms with Crippen molar-refractivity contribution >= 4 is 93.1 Å². The van der Waals surface area contributed by atoms with E-state index < -0.39 is 93.1 Å². The minimum Gasteiger partial charge on any atom is -0.495 e. The van der Waals surface area contributed by atoms with Gasteiger partial charge in [-0.05, 0) is 202 Å². The molecule has 5 heterocycles. The number of hydrogen-bond acceptors (Lipinski definition) is 20. The Labute approximate surface area is 723 Å². The largest absolute Gasteiger partial charge is 0.495 e. The highest BCUT2D eigenvalue weighted by Gasteiger charge is 2.45. The lowest BCUT2D eigenvalue weighted by Gasteiger charge is -2.37. The fourth-order valence-electron chi connectivity index (χ4n) is 14.9. The molecule has 0 radical (unpaired) electrons. The van der Waals surface area contributed by atoms with Crippen LogP contribution in [-0.4, -0.2) is 166 Å². The first-order chi connectivity index (χ1) is 57.7. The first-order valence-corrected chi connectivity index (χ1v) is 48.0. The van der Waals surface area contributed by atoms with Crippen LogP contribution in [0.1, 0.15) is 199 Å². The van der Waals surface area contributed by atoms with Crippen molar-refractivity contribution in [2.75, 3.05) is 86.1 Å². The van der Waals surface area contributed by atoms with Gasteiger partial charge in [-0.2, -0.15) is 0 Å². The molecule has 6 aromatic rings. The lowest BCUT2D eigenvalue weighted by molar-refractivity contribution is -0.0827. The van der Waals surface area contributed by atoms with Crippen molar-refractivity contribution in [3.63, 3.8) is 0 Å². The Morgan fingerprint density at radius 3 is 1.30 bits per heavy atom. The number of halogens is 9. The van der Waals surface area contributed by atoms with E-state index in [0.717, 1.165) is 77.5 Å². The van der Waals surface area contributed by atoms with Gasteiger partial charge in [0.2, 0.25) is 81.4 Å². The summed E-state index contributed by atoms with van der Waals surface area (Å²) in [6.07, 6.45) is 32.6. The third-order valence-electron chi connectivity index (χ3n) is 22.4. The van der Waals surface area contributed by atoms with Gasteiger partial charge >= 0.3 is 0 Å². The number of carbonyl (C=O) groups is 1. The molecule has 5 saturated carbocycles. The molecule has 0 unspecified atom stereocenters. The number of pyridine rings is 5. The quantitative estimate of drug-likeness (QED) is 0.0193. The molecule has 5 aliphatic carbocycles. The zero-order valence-electron chi connectivity index (χ0n) is 72.4. The minimum atomic E-state index is -3.50. The topological polar surface area (TPSA) is 333 Å². The molecule has 0 bridgehead atoms. The Morgan fingerprint density at radius 1 is 0.484 bits per heavy atom. The summed E-state index contributed by atoms with van der Waals surface area (Å²) in [4.78, 5) is 32.8. The molecule has 5 fully saturated rings. The van der Waals surface area contributed by atoms with Crippen LogP contribution >= 0.6 is 0 Å². The van der Waals surface area contributed by atoms with Crippen LogP contribution in [0.15, 0.2) is 110 Å². The van der Waals surface area contributed by atoms with Crippen molar-refractivity contribution in [3.05, 3.63) is 155 Å².